The summed E-state index contributed by atoms with van der Waals surface area (Å²) in [6, 6.07) is 8.45. The van der Waals surface area contributed by atoms with Gasteiger partial charge in [-0.3, -0.25) is 0 Å². The lowest BCUT2D eigenvalue weighted by Crippen LogP contribution is -2.12. The minimum atomic E-state index is -0.398. The topological polar surface area (TPSA) is 34.1 Å². The first-order valence-corrected chi connectivity index (χ1v) is 6.20. The maximum atomic E-state index is 13.0. The second kappa shape index (κ2) is 6.50. The van der Waals surface area contributed by atoms with Gasteiger partial charge in [0.2, 0.25) is 5.88 Å². The van der Waals surface area contributed by atoms with Crippen LogP contribution in [0.2, 0.25) is 5.02 Å². The van der Waals surface area contributed by atoms with E-state index in [1.807, 2.05) is 12.1 Å². The van der Waals surface area contributed by atoms with E-state index in [2.05, 4.69) is 10.3 Å². The zero-order valence-electron chi connectivity index (χ0n) is 10.5. The average molecular weight is 281 g/mol. The fourth-order valence-corrected chi connectivity index (χ4v) is 1.84. The van der Waals surface area contributed by atoms with E-state index < -0.39 is 5.82 Å². The molecule has 1 N–H and O–H groups in total. The van der Waals surface area contributed by atoms with Crippen molar-refractivity contribution in [3.05, 3.63) is 58.5 Å². The van der Waals surface area contributed by atoms with Gasteiger partial charge in [-0.15, -0.1) is 0 Å². The van der Waals surface area contributed by atoms with Gasteiger partial charge in [-0.05, 0) is 23.3 Å². The van der Waals surface area contributed by atoms with Gasteiger partial charge in [0.05, 0.1) is 12.1 Å². The highest BCUT2D eigenvalue weighted by molar-refractivity contribution is 6.30. The highest BCUT2D eigenvalue weighted by Crippen LogP contribution is 2.16. The number of rotatable bonds is 5. The number of hydrogen-bond donors (Lipinski definition) is 1. The summed E-state index contributed by atoms with van der Waals surface area (Å²) in [6.07, 6.45) is 1.75. The summed E-state index contributed by atoms with van der Waals surface area (Å²) in [7, 11) is 1.58. The van der Waals surface area contributed by atoms with Crippen molar-refractivity contribution in [3.63, 3.8) is 0 Å². The van der Waals surface area contributed by atoms with E-state index in [0.717, 1.165) is 11.1 Å². The molecule has 0 spiro atoms. The molecule has 19 heavy (non-hydrogen) atoms. The Morgan fingerprint density at radius 1 is 1.21 bits per heavy atom. The van der Waals surface area contributed by atoms with E-state index >= 15 is 0 Å². The third-order valence-corrected chi connectivity index (χ3v) is 2.94. The number of pyridine rings is 1. The van der Waals surface area contributed by atoms with E-state index in [-0.39, 0.29) is 5.02 Å². The van der Waals surface area contributed by atoms with Gasteiger partial charge in [0.15, 0.2) is 0 Å². The molecule has 1 heterocycles. The third-order valence-electron chi connectivity index (χ3n) is 2.65. The van der Waals surface area contributed by atoms with Crippen LogP contribution in [0.5, 0.6) is 5.88 Å². The van der Waals surface area contributed by atoms with Gasteiger partial charge in [-0.25, -0.2) is 9.37 Å². The molecular weight excluding hydrogens is 267 g/mol. The lowest BCUT2D eigenvalue weighted by atomic mass is 10.2. The van der Waals surface area contributed by atoms with Gasteiger partial charge in [-0.2, -0.15) is 0 Å². The summed E-state index contributed by atoms with van der Waals surface area (Å²) < 4.78 is 18.0. The molecule has 2 rings (SSSR count). The molecule has 0 amide bonds. The Balaban J connectivity index is 1.86. The number of halogens is 2. The van der Waals surface area contributed by atoms with E-state index in [9.17, 15) is 4.39 Å². The van der Waals surface area contributed by atoms with Crippen molar-refractivity contribution < 1.29 is 9.13 Å². The standard InChI is InChI=1S/C14H14ClFN2O/c1-19-14-5-3-11(9-18-14)8-17-7-10-2-4-13(16)12(15)6-10/h2-6,9,17H,7-8H2,1H3. The van der Waals surface area contributed by atoms with E-state index in [4.69, 9.17) is 16.3 Å². The molecule has 5 heteroatoms. The minimum absolute atomic E-state index is 0.144. The highest BCUT2D eigenvalue weighted by Gasteiger charge is 2.01. The van der Waals surface area contributed by atoms with Crippen molar-refractivity contribution in [3.8, 4) is 5.88 Å². The molecule has 3 nitrogen and oxygen atoms in total. The predicted molar refractivity (Wildman–Crippen MR) is 72.7 cm³/mol. The van der Waals surface area contributed by atoms with E-state index in [1.165, 1.54) is 6.07 Å². The lowest BCUT2D eigenvalue weighted by molar-refractivity contribution is 0.397. The quantitative estimate of drug-likeness (QED) is 0.913. The second-order valence-electron chi connectivity index (χ2n) is 4.06. The molecule has 0 unspecified atom stereocenters. The number of methoxy groups -OCH3 is 1. The molecule has 0 saturated carbocycles. The summed E-state index contributed by atoms with van der Waals surface area (Å²) >= 11 is 5.72. The number of nitrogens with one attached hydrogen (secondary N) is 1. The molecule has 0 fully saturated rings. The molecule has 0 bridgehead atoms. The summed E-state index contributed by atoms with van der Waals surface area (Å²) in [4.78, 5) is 4.12. The van der Waals surface area contributed by atoms with Crippen LogP contribution in [0.3, 0.4) is 0 Å². The van der Waals surface area contributed by atoms with Crippen LogP contribution in [-0.4, -0.2) is 12.1 Å². The Hall–Kier alpha value is -1.65. The maximum Gasteiger partial charge on any atom is 0.212 e. The molecule has 2 aromatic rings. The number of aromatic nitrogens is 1. The number of nitrogens with zero attached hydrogens (tertiary/aromatic N) is 1. The Bertz CT molecular complexity index is 546. The van der Waals surface area contributed by atoms with Crippen LogP contribution in [0.4, 0.5) is 4.39 Å². The first-order chi connectivity index (χ1) is 9.19. The van der Waals surface area contributed by atoms with Crippen LogP contribution in [0.15, 0.2) is 36.5 Å². The van der Waals surface area contributed by atoms with E-state index in [0.29, 0.717) is 19.0 Å². The maximum absolute atomic E-state index is 13.0. The normalized spacial score (nSPS) is 10.5. The van der Waals surface area contributed by atoms with Crippen LogP contribution in [0.25, 0.3) is 0 Å². The molecule has 0 aliphatic heterocycles. The van der Waals surface area contributed by atoms with Gasteiger partial charge >= 0.3 is 0 Å². The van der Waals surface area contributed by atoms with Crippen molar-refractivity contribution in [1.82, 2.24) is 10.3 Å². The molecule has 0 aliphatic carbocycles. The number of ether oxygens (including phenoxy) is 1. The van der Waals surface area contributed by atoms with Crippen LogP contribution in [-0.2, 0) is 13.1 Å². The largest absolute Gasteiger partial charge is 0.481 e. The average Bonchev–Trinajstić information content (AvgIpc) is 2.43. The summed E-state index contributed by atoms with van der Waals surface area (Å²) in [5, 5.41) is 3.38. The van der Waals surface area contributed by atoms with Crippen LogP contribution in [0.1, 0.15) is 11.1 Å². The number of hydrogen-bond acceptors (Lipinski definition) is 3. The molecular formula is C14H14ClFN2O. The van der Waals surface area contributed by atoms with Gasteiger partial charge in [0, 0.05) is 25.4 Å². The Kier molecular flexibility index (Phi) is 4.71. The van der Waals surface area contributed by atoms with Gasteiger partial charge in [0.25, 0.3) is 0 Å². The molecule has 100 valence electrons. The van der Waals surface area contributed by atoms with Crippen molar-refractivity contribution in [2.45, 2.75) is 13.1 Å². The minimum Gasteiger partial charge on any atom is -0.481 e. The van der Waals surface area contributed by atoms with Crippen molar-refractivity contribution in [1.29, 1.82) is 0 Å². The third kappa shape index (κ3) is 3.91. The van der Waals surface area contributed by atoms with Gasteiger partial charge in [0.1, 0.15) is 5.82 Å². The summed E-state index contributed by atoms with van der Waals surface area (Å²) in [5.41, 5.74) is 1.99. The fraction of sp³-hybridized carbons (Fsp3) is 0.214. The molecule has 0 saturated heterocycles. The predicted octanol–water partition coefficient (Wildman–Crippen LogP) is 3.17. The van der Waals surface area contributed by atoms with Crippen molar-refractivity contribution >= 4 is 11.6 Å². The SMILES string of the molecule is COc1ccc(CNCc2ccc(F)c(Cl)c2)cn1. The summed E-state index contributed by atoms with van der Waals surface area (Å²) in [5.74, 6) is 0.193. The number of benzene rings is 1. The van der Waals surface area contributed by atoms with Crippen molar-refractivity contribution in [2.75, 3.05) is 7.11 Å². The molecule has 1 aromatic heterocycles. The van der Waals surface area contributed by atoms with Crippen LogP contribution < -0.4 is 10.1 Å². The zero-order chi connectivity index (χ0) is 13.7. The first-order valence-electron chi connectivity index (χ1n) is 5.82. The van der Waals surface area contributed by atoms with Crippen molar-refractivity contribution in [2.24, 2.45) is 0 Å². The molecule has 1 aromatic carbocycles. The first kappa shape index (κ1) is 13.8. The summed E-state index contributed by atoms with van der Waals surface area (Å²) in [6.45, 7) is 1.29. The Morgan fingerprint density at radius 2 is 1.95 bits per heavy atom. The Labute approximate surface area is 116 Å². The molecule has 0 radical (unpaired) electrons. The van der Waals surface area contributed by atoms with Crippen LogP contribution in [0, 0.1) is 5.82 Å². The Morgan fingerprint density at radius 3 is 2.58 bits per heavy atom. The zero-order valence-corrected chi connectivity index (χ0v) is 11.2. The van der Waals surface area contributed by atoms with E-state index in [1.54, 1.807) is 25.4 Å². The van der Waals surface area contributed by atoms with Gasteiger partial charge < -0.3 is 10.1 Å². The second-order valence-corrected chi connectivity index (χ2v) is 4.47. The highest BCUT2D eigenvalue weighted by atomic mass is 35.5. The molecule has 0 aliphatic rings. The van der Waals surface area contributed by atoms with Crippen LogP contribution >= 0.6 is 11.6 Å². The fourth-order valence-electron chi connectivity index (χ4n) is 1.64. The monoisotopic (exact) mass is 280 g/mol. The smallest absolute Gasteiger partial charge is 0.212 e. The molecule has 0 atom stereocenters. The lowest BCUT2D eigenvalue weighted by Gasteiger charge is -2.06. The van der Waals surface area contributed by atoms with Gasteiger partial charge in [-0.1, -0.05) is 23.7 Å².